The molecule has 0 spiro atoms. The van der Waals surface area contributed by atoms with Gasteiger partial charge in [0.15, 0.2) is 0 Å². The van der Waals surface area contributed by atoms with Gasteiger partial charge in [0.1, 0.15) is 0 Å². The van der Waals surface area contributed by atoms with Crippen molar-refractivity contribution in [2.24, 2.45) is 0 Å². The molecule has 1 nitrogen and oxygen atoms in total. The van der Waals surface area contributed by atoms with Crippen LogP contribution in [0, 0.1) is 6.92 Å². The van der Waals surface area contributed by atoms with Crippen LogP contribution in [-0.2, 0) is 6.54 Å². The second-order valence-corrected chi connectivity index (χ2v) is 6.04. The monoisotopic (exact) mass is 309 g/mol. The minimum atomic E-state index is 0.416. The first-order valence-corrected chi connectivity index (χ1v) is 7.36. The Bertz CT molecular complexity index is 479. The van der Waals surface area contributed by atoms with Crippen LogP contribution in [0.25, 0.3) is 0 Å². The molecule has 0 radical (unpaired) electrons. The molecular formula is C14H16BrNS. The number of thiophene rings is 1. The largest absolute Gasteiger partial charge is 0.305 e. The van der Waals surface area contributed by atoms with Gasteiger partial charge in [-0.3, -0.25) is 0 Å². The van der Waals surface area contributed by atoms with Gasteiger partial charge in [0.05, 0.1) is 0 Å². The van der Waals surface area contributed by atoms with Gasteiger partial charge >= 0.3 is 0 Å². The van der Waals surface area contributed by atoms with Gasteiger partial charge in [-0.05, 0) is 42.5 Å². The molecule has 0 aliphatic rings. The van der Waals surface area contributed by atoms with Gasteiger partial charge in [-0.25, -0.2) is 0 Å². The molecule has 17 heavy (non-hydrogen) atoms. The molecule has 0 saturated heterocycles. The molecule has 0 fully saturated rings. The van der Waals surface area contributed by atoms with Gasteiger partial charge in [0.2, 0.25) is 0 Å². The van der Waals surface area contributed by atoms with E-state index in [0.29, 0.717) is 6.04 Å². The lowest BCUT2D eigenvalue weighted by Crippen LogP contribution is -2.17. The molecule has 0 saturated carbocycles. The zero-order valence-corrected chi connectivity index (χ0v) is 12.4. The lowest BCUT2D eigenvalue weighted by molar-refractivity contribution is 0.583. The quantitative estimate of drug-likeness (QED) is 0.865. The van der Waals surface area contributed by atoms with E-state index < -0.39 is 0 Å². The maximum absolute atomic E-state index is 3.54. The van der Waals surface area contributed by atoms with E-state index in [1.807, 2.05) is 0 Å². The summed E-state index contributed by atoms with van der Waals surface area (Å²) in [5.41, 5.74) is 2.61. The highest BCUT2D eigenvalue weighted by Gasteiger charge is 2.05. The predicted octanol–water partition coefficient (Wildman–Crippen LogP) is 4.67. The Kier molecular flexibility index (Phi) is 4.37. The number of halogens is 1. The van der Waals surface area contributed by atoms with Crippen LogP contribution in [0.2, 0.25) is 0 Å². The van der Waals surface area contributed by atoms with Gasteiger partial charge in [-0.15, -0.1) is 11.3 Å². The third-order valence-electron chi connectivity index (χ3n) is 2.80. The highest BCUT2D eigenvalue weighted by molar-refractivity contribution is 9.10. The number of hydrogen-bond acceptors (Lipinski definition) is 2. The van der Waals surface area contributed by atoms with E-state index in [-0.39, 0.29) is 0 Å². The van der Waals surface area contributed by atoms with E-state index in [4.69, 9.17) is 0 Å². The Morgan fingerprint density at radius 2 is 2.18 bits per heavy atom. The predicted molar refractivity (Wildman–Crippen MR) is 78.5 cm³/mol. The van der Waals surface area contributed by atoms with Crippen LogP contribution in [0.5, 0.6) is 0 Å². The Labute approximate surface area is 115 Å². The highest BCUT2D eigenvalue weighted by atomic mass is 79.9. The highest BCUT2D eigenvalue weighted by Crippen LogP contribution is 2.20. The lowest BCUT2D eigenvalue weighted by atomic mass is 10.1. The smallest absolute Gasteiger partial charge is 0.0388 e. The van der Waals surface area contributed by atoms with Crippen molar-refractivity contribution in [3.05, 3.63) is 56.2 Å². The van der Waals surface area contributed by atoms with Crippen molar-refractivity contribution in [1.82, 2.24) is 5.32 Å². The molecule has 90 valence electrons. The molecule has 1 unspecified atom stereocenters. The summed E-state index contributed by atoms with van der Waals surface area (Å²) in [6.45, 7) is 5.24. The second kappa shape index (κ2) is 5.80. The first-order valence-electron chi connectivity index (χ1n) is 5.68. The van der Waals surface area contributed by atoms with Crippen molar-refractivity contribution in [3.63, 3.8) is 0 Å². The summed E-state index contributed by atoms with van der Waals surface area (Å²) in [7, 11) is 0. The van der Waals surface area contributed by atoms with Gasteiger partial charge in [0.25, 0.3) is 0 Å². The molecule has 2 aromatic rings. The van der Waals surface area contributed by atoms with Gasteiger partial charge < -0.3 is 5.32 Å². The Balaban J connectivity index is 1.96. The molecule has 1 aromatic carbocycles. The standard InChI is InChI=1S/C14H16BrNS/c1-10-8-12(5-6-13(10)15)9-16-11(2)14-4-3-7-17-14/h3-8,11,16H,9H2,1-2H3. The molecule has 1 atom stereocenters. The minimum absolute atomic E-state index is 0.416. The second-order valence-electron chi connectivity index (χ2n) is 4.20. The maximum Gasteiger partial charge on any atom is 0.0388 e. The fourth-order valence-electron chi connectivity index (χ4n) is 1.73. The van der Waals surface area contributed by atoms with Crippen molar-refractivity contribution in [3.8, 4) is 0 Å². The van der Waals surface area contributed by atoms with E-state index in [1.165, 1.54) is 20.5 Å². The van der Waals surface area contributed by atoms with E-state index in [1.54, 1.807) is 11.3 Å². The van der Waals surface area contributed by atoms with Crippen LogP contribution in [0.1, 0.15) is 29.0 Å². The number of nitrogens with one attached hydrogen (secondary N) is 1. The fraction of sp³-hybridized carbons (Fsp3) is 0.286. The third kappa shape index (κ3) is 3.41. The molecule has 0 bridgehead atoms. The SMILES string of the molecule is Cc1cc(CNC(C)c2cccs2)ccc1Br. The van der Waals surface area contributed by atoms with Crippen molar-refractivity contribution < 1.29 is 0 Å². The molecule has 0 aliphatic heterocycles. The molecule has 0 amide bonds. The van der Waals surface area contributed by atoms with Crippen LogP contribution in [0.3, 0.4) is 0 Å². The lowest BCUT2D eigenvalue weighted by Gasteiger charge is -2.12. The molecule has 3 heteroatoms. The summed E-state index contributed by atoms with van der Waals surface area (Å²) in [4.78, 5) is 1.39. The fourth-order valence-corrected chi connectivity index (χ4v) is 2.73. The van der Waals surface area contributed by atoms with Gasteiger partial charge in [-0.1, -0.05) is 34.1 Å². The van der Waals surface area contributed by atoms with E-state index in [9.17, 15) is 0 Å². The normalized spacial score (nSPS) is 12.6. The number of hydrogen-bond donors (Lipinski definition) is 1. The number of benzene rings is 1. The van der Waals surface area contributed by atoms with Crippen molar-refractivity contribution in [2.75, 3.05) is 0 Å². The van der Waals surface area contributed by atoms with Gasteiger partial charge in [0, 0.05) is 21.9 Å². The first-order chi connectivity index (χ1) is 8.16. The van der Waals surface area contributed by atoms with E-state index in [0.717, 1.165) is 6.54 Å². The minimum Gasteiger partial charge on any atom is -0.305 e. The topological polar surface area (TPSA) is 12.0 Å². The van der Waals surface area contributed by atoms with Gasteiger partial charge in [-0.2, -0.15) is 0 Å². The summed E-state index contributed by atoms with van der Waals surface area (Å²) in [5, 5.41) is 5.67. The third-order valence-corrected chi connectivity index (χ3v) is 4.75. The van der Waals surface area contributed by atoms with Crippen LogP contribution < -0.4 is 5.32 Å². The molecule has 1 N–H and O–H groups in total. The maximum atomic E-state index is 3.54. The Morgan fingerprint density at radius 3 is 2.82 bits per heavy atom. The molecule has 1 aromatic heterocycles. The summed E-state index contributed by atoms with van der Waals surface area (Å²) < 4.78 is 1.17. The van der Waals surface area contributed by atoms with E-state index >= 15 is 0 Å². The number of aryl methyl sites for hydroxylation is 1. The number of rotatable bonds is 4. The Hall–Kier alpha value is -0.640. The van der Waals surface area contributed by atoms with Crippen LogP contribution in [-0.4, -0.2) is 0 Å². The van der Waals surface area contributed by atoms with Crippen LogP contribution in [0.4, 0.5) is 0 Å². The average Bonchev–Trinajstić information content (AvgIpc) is 2.84. The zero-order chi connectivity index (χ0) is 12.3. The summed E-state index contributed by atoms with van der Waals surface area (Å²) in [6.07, 6.45) is 0. The molecule has 2 rings (SSSR count). The van der Waals surface area contributed by atoms with Crippen molar-refractivity contribution in [1.29, 1.82) is 0 Å². The van der Waals surface area contributed by atoms with Crippen molar-refractivity contribution >= 4 is 27.3 Å². The van der Waals surface area contributed by atoms with Crippen LogP contribution in [0.15, 0.2) is 40.2 Å². The van der Waals surface area contributed by atoms with Crippen molar-refractivity contribution in [2.45, 2.75) is 26.4 Å². The molecular weight excluding hydrogens is 294 g/mol. The summed E-state index contributed by atoms with van der Waals surface area (Å²) in [5.74, 6) is 0. The van der Waals surface area contributed by atoms with E-state index in [2.05, 4.69) is 70.8 Å². The Morgan fingerprint density at radius 1 is 1.35 bits per heavy atom. The first kappa shape index (κ1) is 12.8. The summed E-state index contributed by atoms with van der Waals surface area (Å²) in [6, 6.07) is 11.2. The average molecular weight is 310 g/mol. The zero-order valence-electron chi connectivity index (χ0n) is 10.0. The molecule has 0 aliphatic carbocycles. The molecule has 1 heterocycles. The summed E-state index contributed by atoms with van der Waals surface area (Å²) >= 11 is 5.32. The van der Waals surface area contributed by atoms with Crippen LogP contribution >= 0.6 is 27.3 Å².